The van der Waals surface area contributed by atoms with Crippen LogP contribution in [-0.2, 0) is 5.41 Å². The van der Waals surface area contributed by atoms with Gasteiger partial charge in [-0.3, -0.25) is 4.98 Å². The molecular weight excluding hydrogens is 322 g/mol. The number of aliphatic hydroxyl groups excluding tert-OH is 1. The predicted molar refractivity (Wildman–Crippen MR) is 104 cm³/mol. The molecule has 4 heteroatoms. The van der Waals surface area contributed by atoms with E-state index >= 15 is 0 Å². The zero-order valence-corrected chi connectivity index (χ0v) is 14.8. The molecule has 4 nitrogen and oxygen atoms in total. The zero-order valence-electron chi connectivity index (χ0n) is 14.8. The summed E-state index contributed by atoms with van der Waals surface area (Å²) < 4.78 is 0. The van der Waals surface area contributed by atoms with Gasteiger partial charge in [-0.05, 0) is 18.4 Å². The topological polar surface area (TPSA) is 49.2 Å². The van der Waals surface area contributed by atoms with Gasteiger partial charge in [0.25, 0.3) is 0 Å². The van der Waals surface area contributed by atoms with Gasteiger partial charge in [0, 0.05) is 24.1 Å². The molecule has 1 N–H and O–H groups in total. The maximum absolute atomic E-state index is 10.2. The Kier molecular flexibility index (Phi) is 4.67. The molecule has 1 aromatic heterocycles. The summed E-state index contributed by atoms with van der Waals surface area (Å²) in [6.07, 6.45) is 5.63. The molecule has 0 amide bonds. The Labute approximate surface area is 154 Å². The van der Waals surface area contributed by atoms with E-state index in [1.54, 1.807) is 6.20 Å². The number of rotatable bonds is 4. The number of aromatic nitrogens is 2. The van der Waals surface area contributed by atoms with Crippen molar-refractivity contribution in [3.63, 3.8) is 0 Å². The van der Waals surface area contributed by atoms with Crippen molar-refractivity contribution in [3.8, 4) is 11.3 Å². The van der Waals surface area contributed by atoms with Crippen LogP contribution < -0.4 is 4.90 Å². The van der Waals surface area contributed by atoms with Crippen molar-refractivity contribution in [3.05, 3.63) is 78.6 Å². The molecule has 3 aromatic rings. The van der Waals surface area contributed by atoms with Crippen molar-refractivity contribution < 1.29 is 5.11 Å². The standard InChI is InChI=1S/C22H23N3O/c26-17-22(19-10-5-2-6-11-19)12-7-13-25(16-22)21-15-23-14-20(24-21)18-8-3-1-4-9-18/h1-6,8-11,14-15,26H,7,12-13,16-17H2. The first-order chi connectivity index (χ1) is 12.8. The van der Waals surface area contributed by atoms with Gasteiger partial charge in [-0.2, -0.15) is 0 Å². The van der Waals surface area contributed by atoms with Crippen molar-refractivity contribution >= 4 is 5.82 Å². The summed E-state index contributed by atoms with van der Waals surface area (Å²) in [5, 5.41) is 10.2. The Hall–Kier alpha value is -2.72. The molecule has 4 rings (SSSR count). The van der Waals surface area contributed by atoms with Crippen LogP contribution in [0.3, 0.4) is 0 Å². The smallest absolute Gasteiger partial charge is 0.147 e. The maximum atomic E-state index is 10.2. The molecule has 26 heavy (non-hydrogen) atoms. The van der Waals surface area contributed by atoms with E-state index in [2.05, 4.69) is 22.0 Å². The summed E-state index contributed by atoms with van der Waals surface area (Å²) in [4.78, 5) is 11.5. The van der Waals surface area contributed by atoms with Crippen LogP contribution in [0, 0.1) is 0 Å². The number of benzene rings is 2. The molecule has 0 aliphatic carbocycles. The number of aliphatic hydroxyl groups is 1. The van der Waals surface area contributed by atoms with Crippen molar-refractivity contribution in [1.29, 1.82) is 0 Å². The molecule has 132 valence electrons. The molecule has 1 atom stereocenters. The summed E-state index contributed by atoms with van der Waals surface area (Å²) in [6, 6.07) is 20.5. The highest BCUT2D eigenvalue weighted by Crippen LogP contribution is 2.35. The van der Waals surface area contributed by atoms with Gasteiger partial charge >= 0.3 is 0 Å². The van der Waals surface area contributed by atoms with E-state index in [1.165, 1.54) is 5.56 Å². The van der Waals surface area contributed by atoms with Gasteiger partial charge in [0.05, 0.1) is 24.7 Å². The molecule has 1 unspecified atom stereocenters. The van der Waals surface area contributed by atoms with Gasteiger partial charge < -0.3 is 10.0 Å². The van der Waals surface area contributed by atoms with Crippen LogP contribution in [0.25, 0.3) is 11.3 Å². The molecule has 0 saturated carbocycles. The molecule has 1 fully saturated rings. The Bertz CT molecular complexity index is 854. The summed E-state index contributed by atoms with van der Waals surface area (Å²) in [6.45, 7) is 1.82. The van der Waals surface area contributed by atoms with Crippen LogP contribution in [0.4, 0.5) is 5.82 Å². The summed E-state index contributed by atoms with van der Waals surface area (Å²) in [5.41, 5.74) is 2.89. The lowest BCUT2D eigenvalue weighted by Crippen LogP contribution is -2.48. The average Bonchev–Trinajstić information content (AvgIpc) is 2.75. The third-order valence-corrected chi connectivity index (χ3v) is 5.28. The first-order valence-corrected chi connectivity index (χ1v) is 9.10. The lowest BCUT2D eigenvalue weighted by molar-refractivity contribution is 0.172. The van der Waals surface area contributed by atoms with E-state index in [1.807, 2.05) is 54.7 Å². The lowest BCUT2D eigenvalue weighted by atomic mass is 9.75. The monoisotopic (exact) mass is 345 g/mol. The molecule has 0 bridgehead atoms. The van der Waals surface area contributed by atoms with E-state index in [9.17, 15) is 5.11 Å². The summed E-state index contributed by atoms with van der Waals surface area (Å²) in [5.74, 6) is 0.875. The summed E-state index contributed by atoms with van der Waals surface area (Å²) >= 11 is 0. The molecule has 1 aliphatic rings. The van der Waals surface area contributed by atoms with E-state index in [0.29, 0.717) is 0 Å². The Morgan fingerprint density at radius 3 is 2.42 bits per heavy atom. The lowest BCUT2D eigenvalue weighted by Gasteiger charge is -2.42. The number of hydrogen-bond acceptors (Lipinski definition) is 4. The van der Waals surface area contributed by atoms with Gasteiger partial charge in [-0.1, -0.05) is 60.7 Å². The van der Waals surface area contributed by atoms with Crippen LogP contribution in [0.5, 0.6) is 0 Å². The van der Waals surface area contributed by atoms with Gasteiger partial charge in [0.15, 0.2) is 0 Å². The largest absolute Gasteiger partial charge is 0.395 e. The third kappa shape index (κ3) is 3.20. The molecule has 0 radical (unpaired) electrons. The minimum Gasteiger partial charge on any atom is -0.395 e. The first-order valence-electron chi connectivity index (χ1n) is 9.10. The van der Waals surface area contributed by atoms with Crippen LogP contribution in [0.1, 0.15) is 18.4 Å². The Balaban J connectivity index is 1.64. The fourth-order valence-electron chi connectivity index (χ4n) is 3.83. The van der Waals surface area contributed by atoms with Crippen molar-refractivity contribution in [2.75, 3.05) is 24.6 Å². The summed E-state index contributed by atoms with van der Waals surface area (Å²) in [7, 11) is 0. The van der Waals surface area contributed by atoms with Crippen molar-refractivity contribution in [2.24, 2.45) is 0 Å². The number of hydrogen-bond donors (Lipinski definition) is 1. The SMILES string of the molecule is OCC1(c2ccccc2)CCCN(c2cncc(-c3ccccc3)n2)C1. The van der Waals surface area contributed by atoms with E-state index < -0.39 is 0 Å². The fraction of sp³-hybridized carbons (Fsp3) is 0.273. The Morgan fingerprint density at radius 1 is 0.962 bits per heavy atom. The number of piperidine rings is 1. The molecular formula is C22H23N3O. The van der Waals surface area contributed by atoms with Crippen LogP contribution in [-0.4, -0.2) is 34.8 Å². The van der Waals surface area contributed by atoms with Gasteiger partial charge in [0.1, 0.15) is 5.82 Å². The van der Waals surface area contributed by atoms with Gasteiger partial charge in [0.2, 0.25) is 0 Å². The molecule has 1 aliphatic heterocycles. The van der Waals surface area contributed by atoms with Gasteiger partial charge in [-0.25, -0.2) is 4.98 Å². The highest BCUT2D eigenvalue weighted by atomic mass is 16.3. The second-order valence-electron chi connectivity index (χ2n) is 6.96. The van der Waals surface area contributed by atoms with Crippen LogP contribution in [0.15, 0.2) is 73.1 Å². The van der Waals surface area contributed by atoms with Crippen molar-refractivity contribution in [2.45, 2.75) is 18.3 Å². The minimum absolute atomic E-state index is 0.138. The van der Waals surface area contributed by atoms with E-state index in [-0.39, 0.29) is 12.0 Å². The predicted octanol–water partition coefficient (Wildman–Crippen LogP) is 3.67. The van der Waals surface area contributed by atoms with Crippen molar-refractivity contribution in [1.82, 2.24) is 9.97 Å². The fourth-order valence-corrected chi connectivity index (χ4v) is 3.83. The minimum atomic E-state index is -0.246. The highest BCUT2D eigenvalue weighted by molar-refractivity contribution is 5.60. The molecule has 2 heterocycles. The molecule has 1 saturated heterocycles. The zero-order chi connectivity index (χ0) is 17.8. The second-order valence-corrected chi connectivity index (χ2v) is 6.96. The Morgan fingerprint density at radius 2 is 1.69 bits per heavy atom. The third-order valence-electron chi connectivity index (χ3n) is 5.28. The number of nitrogens with zero attached hydrogens (tertiary/aromatic N) is 3. The quantitative estimate of drug-likeness (QED) is 0.784. The van der Waals surface area contributed by atoms with E-state index in [0.717, 1.165) is 43.0 Å². The second kappa shape index (κ2) is 7.26. The first kappa shape index (κ1) is 16.7. The molecule has 2 aromatic carbocycles. The molecule has 0 spiro atoms. The highest BCUT2D eigenvalue weighted by Gasteiger charge is 2.37. The average molecular weight is 345 g/mol. The van der Waals surface area contributed by atoms with E-state index in [4.69, 9.17) is 4.98 Å². The maximum Gasteiger partial charge on any atom is 0.147 e. The number of anilines is 1. The van der Waals surface area contributed by atoms with Gasteiger partial charge in [-0.15, -0.1) is 0 Å². The van der Waals surface area contributed by atoms with Crippen LogP contribution in [0.2, 0.25) is 0 Å². The van der Waals surface area contributed by atoms with Crippen LogP contribution >= 0.6 is 0 Å². The normalized spacial score (nSPS) is 20.1.